The first-order valence-electron chi connectivity index (χ1n) is 4.81. The van der Waals surface area contributed by atoms with Gasteiger partial charge in [0.05, 0.1) is 0 Å². The fourth-order valence-corrected chi connectivity index (χ4v) is 1.55. The van der Waals surface area contributed by atoms with Gasteiger partial charge in [0.25, 0.3) is 0 Å². The van der Waals surface area contributed by atoms with E-state index in [0.717, 1.165) is 12.1 Å². The van der Waals surface area contributed by atoms with Gasteiger partial charge in [-0.2, -0.15) is 4.57 Å². The Balaban J connectivity index is 2.22. The van der Waals surface area contributed by atoms with Crippen molar-refractivity contribution in [1.29, 1.82) is 0 Å². The molecule has 0 aliphatic carbocycles. The van der Waals surface area contributed by atoms with Crippen LogP contribution in [0.25, 0.3) is 0 Å². The summed E-state index contributed by atoms with van der Waals surface area (Å²) in [6, 6.07) is 9.95. The average Bonchev–Trinajstić information content (AvgIpc) is 2.25. The van der Waals surface area contributed by atoms with Crippen molar-refractivity contribution in [1.82, 2.24) is 4.98 Å². The normalized spacial score (nSPS) is 10.3. The topological polar surface area (TPSA) is 16.8 Å². The number of hydrogen-bond acceptors (Lipinski definition) is 1. The first kappa shape index (κ1) is 10.1. The summed E-state index contributed by atoms with van der Waals surface area (Å²) in [6.45, 7) is 2.92. The van der Waals surface area contributed by atoms with Crippen LogP contribution in [0.1, 0.15) is 11.3 Å². The van der Waals surface area contributed by atoms with E-state index in [4.69, 9.17) is 11.6 Å². The molecule has 15 heavy (non-hydrogen) atoms. The van der Waals surface area contributed by atoms with Gasteiger partial charge in [-0.1, -0.05) is 17.7 Å². The quantitative estimate of drug-likeness (QED) is 0.560. The Morgan fingerprint density at radius 3 is 2.80 bits per heavy atom. The summed E-state index contributed by atoms with van der Waals surface area (Å²) >= 11 is 5.73. The molecule has 0 fully saturated rings. The summed E-state index contributed by atoms with van der Waals surface area (Å²) in [5, 5.41) is 0.536. The third-order valence-electron chi connectivity index (χ3n) is 2.31. The van der Waals surface area contributed by atoms with Crippen LogP contribution in [0.5, 0.6) is 0 Å². The number of aromatic nitrogens is 2. The van der Waals surface area contributed by atoms with Gasteiger partial charge in [-0.05, 0) is 12.1 Å². The van der Waals surface area contributed by atoms with Crippen molar-refractivity contribution in [3.63, 3.8) is 0 Å². The van der Waals surface area contributed by atoms with E-state index in [1.54, 1.807) is 0 Å². The van der Waals surface area contributed by atoms with E-state index in [-0.39, 0.29) is 0 Å². The van der Waals surface area contributed by atoms with E-state index < -0.39 is 0 Å². The molecule has 0 spiro atoms. The molecule has 2 aromatic heterocycles. The molecule has 0 N–H and O–H groups in total. The van der Waals surface area contributed by atoms with Crippen LogP contribution in [-0.2, 0) is 6.54 Å². The van der Waals surface area contributed by atoms with Gasteiger partial charge < -0.3 is 0 Å². The van der Waals surface area contributed by atoms with Gasteiger partial charge in [0.1, 0.15) is 5.15 Å². The molecule has 76 valence electrons. The highest BCUT2D eigenvalue weighted by molar-refractivity contribution is 6.29. The second-order valence-electron chi connectivity index (χ2n) is 3.46. The second kappa shape index (κ2) is 4.41. The summed E-state index contributed by atoms with van der Waals surface area (Å²) in [7, 11) is 0. The van der Waals surface area contributed by atoms with Crippen LogP contribution in [0.15, 0.2) is 42.7 Å². The van der Waals surface area contributed by atoms with Gasteiger partial charge >= 0.3 is 0 Å². The van der Waals surface area contributed by atoms with Gasteiger partial charge in [-0.15, -0.1) is 0 Å². The zero-order valence-corrected chi connectivity index (χ0v) is 9.28. The summed E-state index contributed by atoms with van der Waals surface area (Å²) < 4.78 is 2.17. The lowest BCUT2D eigenvalue weighted by Gasteiger charge is -1.99. The molecule has 0 saturated heterocycles. The smallest absolute Gasteiger partial charge is 0.178 e. The maximum Gasteiger partial charge on any atom is 0.178 e. The predicted molar refractivity (Wildman–Crippen MR) is 59.7 cm³/mol. The SMILES string of the molecule is Cc1cccc[n+]1Cc1ccc(Cl)nc1. The van der Waals surface area contributed by atoms with Crippen molar-refractivity contribution in [3.05, 3.63) is 59.1 Å². The van der Waals surface area contributed by atoms with E-state index >= 15 is 0 Å². The van der Waals surface area contributed by atoms with Crippen LogP contribution >= 0.6 is 11.6 Å². The molecular formula is C12H12ClN2+. The van der Waals surface area contributed by atoms with Crippen molar-refractivity contribution < 1.29 is 4.57 Å². The molecule has 0 aliphatic heterocycles. The highest BCUT2D eigenvalue weighted by Gasteiger charge is 2.05. The highest BCUT2D eigenvalue weighted by Crippen LogP contribution is 2.05. The molecule has 0 radical (unpaired) electrons. The number of aryl methyl sites for hydroxylation is 1. The monoisotopic (exact) mass is 219 g/mol. The van der Waals surface area contributed by atoms with Crippen LogP contribution in [0.3, 0.4) is 0 Å². The number of pyridine rings is 2. The minimum atomic E-state index is 0.536. The van der Waals surface area contributed by atoms with Gasteiger partial charge in [-0.25, -0.2) is 4.98 Å². The minimum absolute atomic E-state index is 0.536. The standard InChI is InChI=1S/C12H12ClN2/c1-10-4-2-3-7-15(10)9-11-5-6-12(13)14-8-11/h2-8H,9H2,1H3/q+1. The Hall–Kier alpha value is -1.41. The summed E-state index contributed by atoms with van der Waals surface area (Å²) in [6.07, 6.45) is 3.87. The third kappa shape index (κ3) is 2.54. The molecule has 2 heterocycles. The Morgan fingerprint density at radius 2 is 2.13 bits per heavy atom. The second-order valence-corrected chi connectivity index (χ2v) is 3.85. The van der Waals surface area contributed by atoms with Crippen molar-refractivity contribution in [2.45, 2.75) is 13.5 Å². The maximum atomic E-state index is 5.73. The summed E-state index contributed by atoms with van der Waals surface area (Å²) in [4.78, 5) is 4.06. The van der Waals surface area contributed by atoms with Crippen molar-refractivity contribution in [2.75, 3.05) is 0 Å². The number of nitrogens with zero attached hydrogens (tertiary/aromatic N) is 2. The first-order chi connectivity index (χ1) is 7.25. The van der Waals surface area contributed by atoms with Crippen molar-refractivity contribution in [3.8, 4) is 0 Å². The molecule has 3 heteroatoms. The minimum Gasteiger partial charge on any atom is -0.244 e. The molecule has 0 unspecified atom stereocenters. The number of halogens is 1. The maximum absolute atomic E-state index is 5.73. The molecule has 2 nitrogen and oxygen atoms in total. The third-order valence-corrected chi connectivity index (χ3v) is 2.53. The van der Waals surface area contributed by atoms with Crippen molar-refractivity contribution in [2.24, 2.45) is 0 Å². The van der Waals surface area contributed by atoms with Gasteiger partial charge in [0, 0.05) is 30.8 Å². The lowest BCUT2D eigenvalue weighted by atomic mass is 10.2. The van der Waals surface area contributed by atoms with Crippen LogP contribution in [0, 0.1) is 6.92 Å². The van der Waals surface area contributed by atoms with E-state index in [9.17, 15) is 0 Å². The zero-order valence-electron chi connectivity index (χ0n) is 8.52. The van der Waals surface area contributed by atoms with E-state index in [0.29, 0.717) is 5.15 Å². The predicted octanol–water partition coefficient (Wildman–Crippen LogP) is 2.38. The van der Waals surface area contributed by atoms with Gasteiger partial charge in [-0.3, -0.25) is 0 Å². The first-order valence-corrected chi connectivity index (χ1v) is 5.19. The lowest BCUT2D eigenvalue weighted by molar-refractivity contribution is -0.694. The van der Waals surface area contributed by atoms with E-state index in [1.807, 2.05) is 30.5 Å². The molecule has 0 saturated carbocycles. The molecule has 0 atom stereocenters. The molecule has 0 amide bonds. The molecular weight excluding hydrogens is 208 g/mol. The van der Waals surface area contributed by atoms with E-state index in [2.05, 4.69) is 28.7 Å². The van der Waals surface area contributed by atoms with Gasteiger partial charge in [0.2, 0.25) is 0 Å². The van der Waals surface area contributed by atoms with Crippen LogP contribution in [0.4, 0.5) is 0 Å². The Kier molecular flexibility index (Phi) is 2.97. The van der Waals surface area contributed by atoms with Crippen LogP contribution < -0.4 is 4.57 Å². The molecule has 0 bridgehead atoms. The summed E-state index contributed by atoms with van der Waals surface area (Å²) in [5.74, 6) is 0. The van der Waals surface area contributed by atoms with Crippen LogP contribution in [-0.4, -0.2) is 4.98 Å². The molecule has 0 aromatic carbocycles. The summed E-state index contributed by atoms with van der Waals surface area (Å²) in [5.41, 5.74) is 2.38. The lowest BCUT2D eigenvalue weighted by Crippen LogP contribution is -2.36. The molecule has 0 aliphatic rings. The Morgan fingerprint density at radius 1 is 1.27 bits per heavy atom. The largest absolute Gasteiger partial charge is 0.244 e. The van der Waals surface area contributed by atoms with Gasteiger partial charge in [0.15, 0.2) is 18.4 Å². The highest BCUT2D eigenvalue weighted by atomic mass is 35.5. The van der Waals surface area contributed by atoms with E-state index in [1.165, 1.54) is 5.69 Å². The number of rotatable bonds is 2. The molecule has 2 rings (SSSR count). The average molecular weight is 220 g/mol. The Bertz CT molecular complexity index is 451. The Labute approximate surface area is 94.2 Å². The molecule has 2 aromatic rings. The van der Waals surface area contributed by atoms with Crippen LogP contribution in [0.2, 0.25) is 5.15 Å². The number of hydrogen-bond donors (Lipinski definition) is 0. The fourth-order valence-electron chi connectivity index (χ4n) is 1.44. The zero-order chi connectivity index (χ0) is 10.7. The van der Waals surface area contributed by atoms with Crippen molar-refractivity contribution >= 4 is 11.6 Å². The fraction of sp³-hybridized carbons (Fsp3) is 0.167.